The molecule has 116 valence electrons. The van der Waals surface area contributed by atoms with Gasteiger partial charge in [0.05, 0.1) is 11.2 Å². The van der Waals surface area contributed by atoms with Gasteiger partial charge in [-0.15, -0.1) is 0 Å². The fourth-order valence-electron chi connectivity index (χ4n) is 5.25. The number of ether oxygens (including phenoxy) is 1. The summed E-state index contributed by atoms with van der Waals surface area (Å²) in [6.07, 6.45) is 6.52. The molecule has 1 N–H and O–H groups in total. The summed E-state index contributed by atoms with van der Waals surface area (Å²) in [5.41, 5.74) is -0.0817. The summed E-state index contributed by atoms with van der Waals surface area (Å²) in [5, 5.41) is 11.4. The van der Waals surface area contributed by atoms with Crippen LogP contribution in [-0.2, 0) is 4.74 Å². The highest BCUT2D eigenvalue weighted by Crippen LogP contribution is 2.52. The third kappa shape index (κ3) is 2.91. The van der Waals surface area contributed by atoms with Gasteiger partial charge in [0.1, 0.15) is 0 Å². The van der Waals surface area contributed by atoms with E-state index < -0.39 is 5.60 Å². The van der Waals surface area contributed by atoms with Crippen LogP contribution < -0.4 is 0 Å². The lowest BCUT2D eigenvalue weighted by molar-refractivity contribution is -0.161. The summed E-state index contributed by atoms with van der Waals surface area (Å²) in [6, 6.07) is 0. The van der Waals surface area contributed by atoms with Crippen molar-refractivity contribution >= 4 is 11.8 Å². The normalized spacial score (nSPS) is 48.6. The molecule has 4 unspecified atom stereocenters. The standard InChI is InChI=1S/C17H30O2S/c1-13-8-15(2,3)11-17(18,9-13)14-4-6-19-16(10-14)5-7-20-12-16/h13-14,18H,4-12H2,1-3H3. The van der Waals surface area contributed by atoms with Crippen molar-refractivity contribution in [3.05, 3.63) is 0 Å². The Hall–Kier alpha value is 0.270. The molecule has 4 atom stereocenters. The molecule has 0 aromatic carbocycles. The van der Waals surface area contributed by atoms with Crippen LogP contribution in [0.4, 0.5) is 0 Å². The first kappa shape index (κ1) is 15.2. The Labute approximate surface area is 128 Å². The van der Waals surface area contributed by atoms with Gasteiger partial charge in [-0.25, -0.2) is 0 Å². The molecule has 0 radical (unpaired) electrons. The van der Waals surface area contributed by atoms with Crippen LogP contribution in [-0.4, -0.2) is 34.4 Å². The highest BCUT2D eigenvalue weighted by atomic mass is 32.2. The molecule has 1 spiro atoms. The molecule has 20 heavy (non-hydrogen) atoms. The summed E-state index contributed by atoms with van der Waals surface area (Å²) in [6.45, 7) is 7.82. The van der Waals surface area contributed by atoms with Gasteiger partial charge in [0.2, 0.25) is 0 Å². The smallest absolute Gasteiger partial charge is 0.0784 e. The van der Waals surface area contributed by atoms with E-state index in [1.54, 1.807) is 0 Å². The Kier molecular flexibility index (Phi) is 3.92. The van der Waals surface area contributed by atoms with Crippen LogP contribution in [0.15, 0.2) is 0 Å². The molecular formula is C17H30O2S. The van der Waals surface area contributed by atoms with Crippen LogP contribution in [0, 0.1) is 17.3 Å². The van der Waals surface area contributed by atoms with Crippen LogP contribution in [0.1, 0.15) is 59.3 Å². The number of thioether (sulfide) groups is 1. The number of hydrogen-bond acceptors (Lipinski definition) is 3. The van der Waals surface area contributed by atoms with Crippen molar-refractivity contribution in [2.75, 3.05) is 18.1 Å². The zero-order chi connectivity index (χ0) is 14.4. The van der Waals surface area contributed by atoms with Crippen molar-refractivity contribution in [1.29, 1.82) is 0 Å². The fraction of sp³-hybridized carbons (Fsp3) is 1.00. The topological polar surface area (TPSA) is 29.5 Å². The quantitative estimate of drug-likeness (QED) is 0.797. The molecule has 3 aliphatic rings. The van der Waals surface area contributed by atoms with Crippen molar-refractivity contribution < 1.29 is 9.84 Å². The molecule has 2 nitrogen and oxygen atoms in total. The van der Waals surface area contributed by atoms with Crippen molar-refractivity contribution in [2.24, 2.45) is 17.3 Å². The van der Waals surface area contributed by atoms with E-state index in [1.165, 1.54) is 18.6 Å². The van der Waals surface area contributed by atoms with Crippen molar-refractivity contribution in [1.82, 2.24) is 0 Å². The monoisotopic (exact) mass is 298 g/mol. The van der Waals surface area contributed by atoms with E-state index in [0.29, 0.717) is 11.8 Å². The van der Waals surface area contributed by atoms with E-state index >= 15 is 0 Å². The van der Waals surface area contributed by atoms with Crippen LogP contribution in [0.2, 0.25) is 0 Å². The lowest BCUT2D eigenvalue weighted by Crippen LogP contribution is -2.53. The number of aliphatic hydroxyl groups is 1. The lowest BCUT2D eigenvalue weighted by Gasteiger charge is -2.51. The van der Waals surface area contributed by atoms with Gasteiger partial charge in [0.25, 0.3) is 0 Å². The van der Waals surface area contributed by atoms with Crippen LogP contribution in [0.3, 0.4) is 0 Å². The fourth-order valence-corrected chi connectivity index (χ4v) is 6.63. The third-order valence-electron chi connectivity index (χ3n) is 5.71. The average Bonchev–Trinajstić information content (AvgIpc) is 2.74. The van der Waals surface area contributed by atoms with Crippen LogP contribution >= 0.6 is 11.8 Å². The van der Waals surface area contributed by atoms with Crippen molar-refractivity contribution in [3.63, 3.8) is 0 Å². The molecule has 0 amide bonds. The Balaban J connectivity index is 1.76. The van der Waals surface area contributed by atoms with Gasteiger partial charge in [-0.2, -0.15) is 11.8 Å². The molecule has 1 saturated carbocycles. The maximum Gasteiger partial charge on any atom is 0.0784 e. The minimum atomic E-state index is -0.453. The summed E-state index contributed by atoms with van der Waals surface area (Å²) >= 11 is 2.02. The van der Waals surface area contributed by atoms with Crippen LogP contribution in [0.25, 0.3) is 0 Å². The minimum absolute atomic E-state index is 0.0914. The summed E-state index contributed by atoms with van der Waals surface area (Å²) in [5.74, 6) is 3.45. The zero-order valence-electron chi connectivity index (χ0n) is 13.3. The zero-order valence-corrected chi connectivity index (χ0v) is 14.1. The number of rotatable bonds is 1. The molecule has 2 saturated heterocycles. The first-order valence-corrected chi connectivity index (χ1v) is 9.42. The Morgan fingerprint density at radius 2 is 2.00 bits per heavy atom. The van der Waals surface area contributed by atoms with Crippen molar-refractivity contribution in [2.45, 2.75) is 70.5 Å². The van der Waals surface area contributed by atoms with E-state index in [2.05, 4.69) is 20.8 Å². The highest BCUT2D eigenvalue weighted by molar-refractivity contribution is 7.99. The van der Waals surface area contributed by atoms with E-state index in [9.17, 15) is 5.11 Å². The second-order valence-electron chi connectivity index (χ2n) is 8.48. The highest BCUT2D eigenvalue weighted by Gasteiger charge is 2.51. The maximum atomic E-state index is 11.4. The third-order valence-corrected chi connectivity index (χ3v) is 6.93. The molecule has 0 aromatic rings. The van der Waals surface area contributed by atoms with Crippen LogP contribution in [0.5, 0.6) is 0 Å². The molecule has 0 aromatic heterocycles. The SMILES string of the molecule is CC1CC(C)(C)CC(O)(C2CCOC3(CCSC3)C2)C1. The van der Waals surface area contributed by atoms with Gasteiger partial charge in [0, 0.05) is 12.4 Å². The summed E-state index contributed by atoms with van der Waals surface area (Å²) < 4.78 is 6.14. The van der Waals surface area contributed by atoms with E-state index in [1.807, 2.05) is 11.8 Å². The second-order valence-corrected chi connectivity index (χ2v) is 9.59. The first-order chi connectivity index (χ1) is 9.33. The van der Waals surface area contributed by atoms with E-state index in [4.69, 9.17) is 4.74 Å². The predicted molar refractivity (Wildman–Crippen MR) is 85.1 cm³/mol. The molecule has 1 aliphatic carbocycles. The second kappa shape index (κ2) is 5.17. The predicted octanol–water partition coefficient (Wildman–Crippen LogP) is 3.87. The molecule has 2 aliphatic heterocycles. The number of hydrogen-bond donors (Lipinski definition) is 1. The molecule has 2 heterocycles. The Bertz CT molecular complexity index is 362. The largest absolute Gasteiger partial charge is 0.390 e. The summed E-state index contributed by atoms with van der Waals surface area (Å²) in [4.78, 5) is 0. The maximum absolute atomic E-state index is 11.4. The first-order valence-electron chi connectivity index (χ1n) is 8.27. The molecule has 3 fully saturated rings. The molecular weight excluding hydrogens is 268 g/mol. The van der Waals surface area contributed by atoms with E-state index in [-0.39, 0.29) is 11.0 Å². The lowest BCUT2D eigenvalue weighted by atomic mass is 9.60. The van der Waals surface area contributed by atoms with Gasteiger partial charge in [0.15, 0.2) is 0 Å². The van der Waals surface area contributed by atoms with Crippen molar-refractivity contribution in [3.8, 4) is 0 Å². The Morgan fingerprint density at radius 3 is 2.65 bits per heavy atom. The van der Waals surface area contributed by atoms with Gasteiger partial charge in [-0.3, -0.25) is 0 Å². The van der Waals surface area contributed by atoms with Gasteiger partial charge in [-0.05, 0) is 61.5 Å². The molecule has 0 bridgehead atoms. The summed E-state index contributed by atoms with van der Waals surface area (Å²) in [7, 11) is 0. The average molecular weight is 298 g/mol. The van der Waals surface area contributed by atoms with Gasteiger partial charge < -0.3 is 9.84 Å². The Morgan fingerprint density at radius 1 is 1.20 bits per heavy atom. The van der Waals surface area contributed by atoms with Gasteiger partial charge in [-0.1, -0.05) is 20.8 Å². The molecule has 3 heteroatoms. The minimum Gasteiger partial charge on any atom is -0.390 e. The molecule has 3 rings (SSSR count). The van der Waals surface area contributed by atoms with E-state index in [0.717, 1.165) is 38.0 Å². The van der Waals surface area contributed by atoms with Gasteiger partial charge >= 0.3 is 0 Å².